The van der Waals surface area contributed by atoms with Gasteiger partial charge in [0.05, 0.1) is 5.69 Å². The van der Waals surface area contributed by atoms with Crippen LogP contribution in [0, 0.1) is 0 Å². The van der Waals surface area contributed by atoms with Gasteiger partial charge in [0.15, 0.2) is 0 Å². The van der Waals surface area contributed by atoms with Crippen LogP contribution >= 0.6 is 0 Å². The standard InChI is InChI=1S/C15H16N2/c16-15-8-14(9-17-10-15)13-6-4-12(5-7-13)11-2-1-3-11/h4-11H,1-3,16H2. The highest BCUT2D eigenvalue weighted by molar-refractivity contribution is 5.66. The number of aromatic nitrogens is 1. The van der Waals surface area contributed by atoms with Crippen molar-refractivity contribution in [2.75, 3.05) is 5.73 Å². The number of hydrogen-bond donors (Lipinski definition) is 1. The molecule has 2 heteroatoms. The highest BCUT2D eigenvalue weighted by Gasteiger charge is 2.18. The Morgan fingerprint density at radius 1 is 1.00 bits per heavy atom. The highest BCUT2D eigenvalue weighted by Crippen LogP contribution is 2.36. The third-order valence-corrected chi connectivity index (χ3v) is 3.58. The summed E-state index contributed by atoms with van der Waals surface area (Å²) in [7, 11) is 0. The van der Waals surface area contributed by atoms with Crippen molar-refractivity contribution < 1.29 is 0 Å². The van der Waals surface area contributed by atoms with E-state index >= 15 is 0 Å². The molecule has 1 aromatic carbocycles. The third kappa shape index (κ3) is 2.03. The lowest BCUT2D eigenvalue weighted by Gasteiger charge is -2.25. The van der Waals surface area contributed by atoms with Gasteiger partial charge in [0.25, 0.3) is 0 Å². The molecule has 2 aromatic rings. The smallest absolute Gasteiger partial charge is 0.0506 e. The van der Waals surface area contributed by atoms with E-state index in [2.05, 4.69) is 29.2 Å². The number of hydrogen-bond acceptors (Lipinski definition) is 2. The Labute approximate surface area is 102 Å². The first kappa shape index (κ1) is 10.3. The van der Waals surface area contributed by atoms with Crippen LogP contribution in [0.4, 0.5) is 5.69 Å². The van der Waals surface area contributed by atoms with E-state index in [9.17, 15) is 0 Å². The molecule has 1 aliphatic carbocycles. The van der Waals surface area contributed by atoms with Gasteiger partial charge in [0.2, 0.25) is 0 Å². The predicted molar refractivity (Wildman–Crippen MR) is 70.7 cm³/mol. The second-order valence-corrected chi connectivity index (χ2v) is 4.76. The van der Waals surface area contributed by atoms with E-state index < -0.39 is 0 Å². The van der Waals surface area contributed by atoms with Crippen LogP contribution < -0.4 is 5.73 Å². The van der Waals surface area contributed by atoms with Crippen molar-refractivity contribution in [2.24, 2.45) is 0 Å². The molecule has 0 bridgehead atoms. The van der Waals surface area contributed by atoms with Crippen LogP contribution in [0.2, 0.25) is 0 Å². The van der Waals surface area contributed by atoms with E-state index in [0.717, 1.165) is 11.5 Å². The van der Waals surface area contributed by atoms with Crippen molar-refractivity contribution in [3.05, 3.63) is 48.3 Å². The molecule has 17 heavy (non-hydrogen) atoms. The SMILES string of the molecule is Nc1cncc(-c2ccc(C3CCC3)cc2)c1. The molecule has 2 N–H and O–H groups in total. The summed E-state index contributed by atoms with van der Waals surface area (Å²) in [5, 5.41) is 0. The number of nitrogen functional groups attached to an aromatic ring is 1. The van der Waals surface area contributed by atoms with Gasteiger partial charge in [-0.2, -0.15) is 0 Å². The molecular formula is C15H16N2. The molecule has 0 radical (unpaired) electrons. The number of nitrogens with two attached hydrogens (primary N) is 1. The van der Waals surface area contributed by atoms with E-state index in [-0.39, 0.29) is 0 Å². The summed E-state index contributed by atoms with van der Waals surface area (Å²) in [4.78, 5) is 4.12. The Balaban J connectivity index is 1.88. The highest BCUT2D eigenvalue weighted by atomic mass is 14.7. The average molecular weight is 224 g/mol. The molecular weight excluding hydrogens is 208 g/mol. The molecule has 0 unspecified atom stereocenters. The minimum Gasteiger partial charge on any atom is -0.397 e. The van der Waals surface area contributed by atoms with E-state index in [1.54, 1.807) is 6.20 Å². The molecule has 0 aliphatic heterocycles. The van der Waals surface area contributed by atoms with Crippen LogP contribution in [0.3, 0.4) is 0 Å². The minimum absolute atomic E-state index is 0.713. The summed E-state index contributed by atoms with van der Waals surface area (Å²) in [6, 6.07) is 10.8. The zero-order valence-corrected chi connectivity index (χ0v) is 9.76. The van der Waals surface area contributed by atoms with Crippen molar-refractivity contribution >= 4 is 5.69 Å². The van der Waals surface area contributed by atoms with E-state index in [4.69, 9.17) is 5.73 Å². The minimum atomic E-state index is 0.713. The van der Waals surface area contributed by atoms with Crippen LogP contribution in [-0.2, 0) is 0 Å². The summed E-state index contributed by atoms with van der Waals surface area (Å²) < 4.78 is 0. The molecule has 1 saturated carbocycles. The van der Waals surface area contributed by atoms with Crippen molar-refractivity contribution in [1.29, 1.82) is 0 Å². The van der Waals surface area contributed by atoms with Crippen molar-refractivity contribution in [1.82, 2.24) is 4.98 Å². The van der Waals surface area contributed by atoms with E-state index in [1.165, 1.54) is 30.4 Å². The van der Waals surface area contributed by atoms with Crippen LogP contribution in [-0.4, -0.2) is 4.98 Å². The van der Waals surface area contributed by atoms with Crippen molar-refractivity contribution in [2.45, 2.75) is 25.2 Å². The number of pyridine rings is 1. The fraction of sp³-hybridized carbons (Fsp3) is 0.267. The lowest BCUT2D eigenvalue weighted by molar-refractivity contribution is 0.420. The molecule has 2 nitrogen and oxygen atoms in total. The second kappa shape index (κ2) is 4.21. The number of anilines is 1. The first-order valence-electron chi connectivity index (χ1n) is 6.14. The number of nitrogens with zero attached hydrogens (tertiary/aromatic N) is 1. The Kier molecular flexibility index (Phi) is 2.56. The summed E-state index contributed by atoms with van der Waals surface area (Å²) in [6.45, 7) is 0. The quantitative estimate of drug-likeness (QED) is 0.846. The first-order chi connectivity index (χ1) is 8.33. The largest absolute Gasteiger partial charge is 0.397 e. The summed E-state index contributed by atoms with van der Waals surface area (Å²) in [5.41, 5.74) is 10.2. The molecule has 1 aliphatic rings. The van der Waals surface area contributed by atoms with Gasteiger partial charge >= 0.3 is 0 Å². The number of benzene rings is 1. The van der Waals surface area contributed by atoms with Crippen molar-refractivity contribution in [3.63, 3.8) is 0 Å². The maximum absolute atomic E-state index is 5.74. The maximum atomic E-state index is 5.74. The molecule has 86 valence electrons. The Hall–Kier alpha value is -1.83. The zero-order valence-electron chi connectivity index (χ0n) is 9.76. The summed E-state index contributed by atoms with van der Waals surface area (Å²) in [5.74, 6) is 0.794. The molecule has 3 rings (SSSR count). The van der Waals surface area contributed by atoms with Gasteiger partial charge in [-0.05, 0) is 36.0 Å². The maximum Gasteiger partial charge on any atom is 0.0506 e. The van der Waals surface area contributed by atoms with Crippen LogP contribution in [0.25, 0.3) is 11.1 Å². The fourth-order valence-electron chi connectivity index (χ4n) is 2.30. The summed E-state index contributed by atoms with van der Waals surface area (Å²) >= 11 is 0. The average Bonchev–Trinajstić information content (AvgIpc) is 2.28. The van der Waals surface area contributed by atoms with Gasteiger partial charge in [-0.15, -0.1) is 0 Å². The topological polar surface area (TPSA) is 38.9 Å². The fourth-order valence-corrected chi connectivity index (χ4v) is 2.30. The molecule has 0 saturated heterocycles. The lowest BCUT2D eigenvalue weighted by atomic mass is 9.80. The monoisotopic (exact) mass is 224 g/mol. The van der Waals surface area contributed by atoms with Gasteiger partial charge < -0.3 is 5.73 Å². The zero-order chi connectivity index (χ0) is 11.7. The van der Waals surface area contributed by atoms with E-state index in [1.807, 2.05) is 12.3 Å². The third-order valence-electron chi connectivity index (χ3n) is 3.58. The van der Waals surface area contributed by atoms with Gasteiger partial charge in [-0.25, -0.2) is 0 Å². The molecule has 0 spiro atoms. The van der Waals surface area contributed by atoms with Gasteiger partial charge in [-0.1, -0.05) is 30.7 Å². The van der Waals surface area contributed by atoms with Gasteiger partial charge in [0.1, 0.15) is 0 Å². The Bertz CT molecular complexity index is 513. The van der Waals surface area contributed by atoms with Crippen molar-refractivity contribution in [3.8, 4) is 11.1 Å². The van der Waals surface area contributed by atoms with Crippen LogP contribution in [0.15, 0.2) is 42.7 Å². The molecule has 0 atom stereocenters. The summed E-state index contributed by atoms with van der Waals surface area (Å²) in [6.07, 6.45) is 7.60. The van der Waals surface area contributed by atoms with Gasteiger partial charge in [0, 0.05) is 18.0 Å². The lowest BCUT2D eigenvalue weighted by Crippen LogP contribution is -2.08. The molecule has 1 aromatic heterocycles. The first-order valence-corrected chi connectivity index (χ1v) is 6.14. The predicted octanol–water partition coefficient (Wildman–Crippen LogP) is 3.60. The molecule has 1 heterocycles. The molecule has 1 fully saturated rings. The second-order valence-electron chi connectivity index (χ2n) is 4.76. The van der Waals surface area contributed by atoms with Gasteiger partial charge in [-0.3, -0.25) is 4.98 Å². The normalized spacial score (nSPS) is 15.5. The van der Waals surface area contributed by atoms with Crippen LogP contribution in [0.1, 0.15) is 30.7 Å². The van der Waals surface area contributed by atoms with Crippen LogP contribution in [0.5, 0.6) is 0 Å². The Morgan fingerprint density at radius 2 is 1.76 bits per heavy atom. The molecule has 0 amide bonds. The van der Waals surface area contributed by atoms with E-state index in [0.29, 0.717) is 5.69 Å². The number of rotatable bonds is 2. The Morgan fingerprint density at radius 3 is 2.35 bits per heavy atom.